The van der Waals surface area contributed by atoms with Gasteiger partial charge in [0.05, 0.1) is 19.8 Å². The molecule has 0 spiro atoms. The minimum absolute atomic E-state index is 0.110. The summed E-state index contributed by atoms with van der Waals surface area (Å²) < 4.78 is 51.1. The second kappa shape index (κ2) is 10.4. The lowest BCUT2D eigenvalue weighted by atomic mass is 9.95. The SMILES string of the molecule is COc1cc(NC(C(=O)c2c[nH]c3ccc(C(F)(F)F)cc23)c2ccc(Cl)cc2OC)cc(SC)c1. The van der Waals surface area contributed by atoms with E-state index >= 15 is 0 Å². The molecule has 0 saturated carbocycles. The fraction of sp³-hybridized carbons (Fsp3) is 0.192. The van der Waals surface area contributed by atoms with Gasteiger partial charge in [0.25, 0.3) is 0 Å². The zero-order chi connectivity index (χ0) is 26.0. The van der Waals surface area contributed by atoms with E-state index in [1.165, 1.54) is 38.2 Å². The minimum atomic E-state index is -4.54. The average molecular weight is 535 g/mol. The van der Waals surface area contributed by atoms with E-state index < -0.39 is 23.6 Å². The third-order valence-electron chi connectivity index (χ3n) is 5.71. The maximum absolute atomic E-state index is 14.0. The van der Waals surface area contributed by atoms with E-state index in [1.807, 2.05) is 18.4 Å². The number of ether oxygens (including phenoxy) is 2. The van der Waals surface area contributed by atoms with Crippen molar-refractivity contribution in [1.29, 1.82) is 0 Å². The van der Waals surface area contributed by atoms with Crippen molar-refractivity contribution in [3.8, 4) is 11.5 Å². The summed E-state index contributed by atoms with van der Waals surface area (Å²) in [5.74, 6) is 0.493. The minimum Gasteiger partial charge on any atom is -0.497 e. The zero-order valence-corrected chi connectivity index (χ0v) is 21.1. The first-order chi connectivity index (χ1) is 17.1. The molecular weight excluding hydrogens is 513 g/mol. The highest BCUT2D eigenvalue weighted by Gasteiger charge is 2.32. The second-order valence-electron chi connectivity index (χ2n) is 7.89. The lowest BCUT2D eigenvalue weighted by molar-refractivity contribution is -0.137. The van der Waals surface area contributed by atoms with Gasteiger partial charge in [0.2, 0.25) is 0 Å². The van der Waals surface area contributed by atoms with Gasteiger partial charge in [-0.05, 0) is 48.7 Å². The van der Waals surface area contributed by atoms with Gasteiger partial charge >= 0.3 is 6.18 Å². The number of aromatic nitrogens is 1. The Morgan fingerprint density at radius 1 is 1.06 bits per heavy atom. The number of benzene rings is 3. The summed E-state index contributed by atoms with van der Waals surface area (Å²) in [6.45, 7) is 0. The molecule has 4 rings (SSSR count). The summed E-state index contributed by atoms with van der Waals surface area (Å²) in [7, 11) is 2.99. The number of nitrogens with one attached hydrogen (secondary N) is 2. The molecule has 0 aliphatic carbocycles. The first-order valence-electron chi connectivity index (χ1n) is 10.7. The number of fused-ring (bicyclic) bond motifs is 1. The normalized spacial score (nSPS) is 12.4. The van der Waals surface area contributed by atoms with Crippen LogP contribution in [0.5, 0.6) is 11.5 Å². The molecule has 1 aromatic heterocycles. The molecule has 0 saturated heterocycles. The molecule has 5 nitrogen and oxygen atoms in total. The van der Waals surface area contributed by atoms with Crippen LogP contribution in [0.25, 0.3) is 10.9 Å². The molecule has 1 unspecified atom stereocenters. The van der Waals surface area contributed by atoms with Crippen molar-refractivity contribution in [3.63, 3.8) is 0 Å². The predicted molar refractivity (Wildman–Crippen MR) is 137 cm³/mol. The summed E-state index contributed by atoms with van der Waals surface area (Å²) in [4.78, 5) is 17.8. The Bertz CT molecular complexity index is 1400. The molecule has 3 aromatic carbocycles. The number of methoxy groups -OCH3 is 2. The van der Waals surface area contributed by atoms with E-state index in [0.29, 0.717) is 33.3 Å². The van der Waals surface area contributed by atoms with Crippen LogP contribution in [0.3, 0.4) is 0 Å². The topological polar surface area (TPSA) is 63.3 Å². The lowest BCUT2D eigenvalue weighted by Crippen LogP contribution is -2.22. The van der Waals surface area contributed by atoms with Crippen molar-refractivity contribution in [1.82, 2.24) is 4.98 Å². The Morgan fingerprint density at radius 2 is 1.83 bits per heavy atom. The van der Waals surface area contributed by atoms with Crippen molar-refractivity contribution >= 4 is 45.7 Å². The van der Waals surface area contributed by atoms with Gasteiger partial charge in [0.1, 0.15) is 17.5 Å². The van der Waals surface area contributed by atoms with E-state index in [4.69, 9.17) is 21.1 Å². The van der Waals surface area contributed by atoms with E-state index in [1.54, 1.807) is 24.3 Å². The quantitative estimate of drug-likeness (QED) is 0.180. The van der Waals surface area contributed by atoms with Crippen LogP contribution in [-0.2, 0) is 6.18 Å². The number of ketones is 1. The number of carbonyl (C=O) groups is 1. The van der Waals surface area contributed by atoms with Gasteiger partial charge in [0, 0.05) is 49.9 Å². The molecule has 0 amide bonds. The summed E-state index contributed by atoms with van der Waals surface area (Å²) in [5, 5.41) is 3.82. The summed E-state index contributed by atoms with van der Waals surface area (Å²) in [5.41, 5.74) is 0.749. The van der Waals surface area contributed by atoms with Crippen LogP contribution in [-0.4, -0.2) is 31.2 Å². The smallest absolute Gasteiger partial charge is 0.416 e. The first kappa shape index (κ1) is 25.8. The number of Topliss-reactive ketones (excluding diaryl/α,β-unsaturated/α-hetero) is 1. The highest BCUT2D eigenvalue weighted by molar-refractivity contribution is 7.98. The summed E-state index contributed by atoms with van der Waals surface area (Å²) >= 11 is 7.64. The van der Waals surface area contributed by atoms with E-state index in [0.717, 1.165) is 17.0 Å². The van der Waals surface area contributed by atoms with Crippen LogP contribution < -0.4 is 14.8 Å². The lowest BCUT2D eigenvalue weighted by Gasteiger charge is -2.22. The summed E-state index contributed by atoms with van der Waals surface area (Å²) in [6, 6.07) is 12.6. The number of anilines is 1. The third-order valence-corrected chi connectivity index (χ3v) is 6.65. The molecular formula is C26H22ClF3N2O3S. The van der Waals surface area contributed by atoms with E-state index in [2.05, 4.69) is 10.3 Å². The van der Waals surface area contributed by atoms with Crippen molar-refractivity contribution in [2.24, 2.45) is 0 Å². The van der Waals surface area contributed by atoms with Gasteiger partial charge in [-0.2, -0.15) is 13.2 Å². The first-order valence-corrected chi connectivity index (χ1v) is 12.3. The highest BCUT2D eigenvalue weighted by Crippen LogP contribution is 2.37. The van der Waals surface area contributed by atoms with Crippen LogP contribution in [0.15, 0.2) is 65.7 Å². The van der Waals surface area contributed by atoms with Crippen molar-refractivity contribution in [3.05, 3.63) is 82.5 Å². The molecule has 1 heterocycles. The molecule has 10 heteroatoms. The van der Waals surface area contributed by atoms with E-state index in [9.17, 15) is 18.0 Å². The maximum Gasteiger partial charge on any atom is 0.416 e. The molecule has 2 N–H and O–H groups in total. The number of hydrogen-bond donors (Lipinski definition) is 2. The van der Waals surface area contributed by atoms with E-state index in [-0.39, 0.29) is 10.9 Å². The van der Waals surface area contributed by atoms with Gasteiger partial charge in [-0.1, -0.05) is 17.7 Å². The largest absolute Gasteiger partial charge is 0.497 e. The fourth-order valence-corrected chi connectivity index (χ4v) is 4.56. The molecule has 0 bridgehead atoms. The van der Waals surface area contributed by atoms with Crippen LogP contribution in [0.2, 0.25) is 5.02 Å². The van der Waals surface area contributed by atoms with Crippen LogP contribution in [0, 0.1) is 0 Å². The van der Waals surface area contributed by atoms with Crippen LogP contribution in [0.1, 0.15) is 27.5 Å². The number of hydrogen-bond acceptors (Lipinski definition) is 5. The molecule has 4 aromatic rings. The van der Waals surface area contributed by atoms with Crippen molar-refractivity contribution in [2.45, 2.75) is 17.1 Å². The molecule has 1 atom stereocenters. The van der Waals surface area contributed by atoms with Gasteiger partial charge in [-0.3, -0.25) is 4.79 Å². The number of halogens is 4. The number of aromatic amines is 1. The number of H-pyrrole nitrogens is 1. The number of rotatable bonds is 8. The van der Waals surface area contributed by atoms with Gasteiger partial charge in [-0.15, -0.1) is 11.8 Å². The van der Waals surface area contributed by atoms with Gasteiger partial charge in [0.15, 0.2) is 5.78 Å². The number of alkyl halides is 3. The Balaban J connectivity index is 1.86. The maximum atomic E-state index is 14.0. The van der Waals surface area contributed by atoms with Gasteiger partial charge < -0.3 is 19.8 Å². The molecule has 188 valence electrons. The molecule has 0 radical (unpaired) electrons. The average Bonchev–Trinajstić information content (AvgIpc) is 3.29. The standard InChI is InChI=1S/C26H22ClF3N2O3S/c1-34-17-10-16(11-18(12-17)36-3)32-24(19-6-5-15(27)9-23(19)35-2)25(33)21-13-31-22-7-4-14(8-20(21)22)26(28,29)30/h4-13,24,31-32H,1-3H3. The molecule has 0 aliphatic heterocycles. The van der Waals surface area contributed by atoms with Gasteiger partial charge in [-0.25, -0.2) is 0 Å². The Hall–Kier alpha value is -3.30. The number of carbonyl (C=O) groups excluding carboxylic acids is 1. The fourth-order valence-electron chi connectivity index (χ4n) is 3.92. The molecule has 0 aliphatic rings. The van der Waals surface area contributed by atoms with Crippen LogP contribution >= 0.6 is 23.4 Å². The highest BCUT2D eigenvalue weighted by atomic mass is 35.5. The van der Waals surface area contributed by atoms with Crippen LogP contribution in [0.4, 0.5) is 18.9 Å². The Morgan fingerprint density at radius 3 is 2.50 bits per heavy atom. The predicted octanol–water partition coefficient (Wildman–Crippen LogP) is 7.62. The second-order valence-corrected chi connectivity index (χ2v) is 9.21. The Kier molecular flexibility index (Phi) is 7.42. The summed E-state index contributed by atoms with van der Waals surface area (Å²) in [6.07, 6.45) is -1.21. The molecule has 36 heavy (non-hydrogen) atoms. The monoisotopic (exact) mass is 534 g/mol. The van der Waals surface area contributed by atoms with Crippen molar-refractivity contribution < 1.29 is 27.4 Å². The zero-order valence-electron chi connectivity index (χ0n) is 19.5. The Labute approximate surface area is 214 Å². The number of thioether (sulfide) groups is 1. The molecule has 0 fully saturated rings. The van der Waals surface area contributed by atoms with Crippen molar-refractivity contribution in [2.75, 3.05) is 25.8 Å². The third kappa shape index (κ3) is 5.27.